The second-order valence-corrected chi connectivity index (χ2v) is 16.2. The maximum Gasteiger partial charge on any atom is 0.310 e. The van der Waals surface area contributed by atoms with Crippen LogP contribution in [0.3, 0.4) is 0 Å². The first kappa shape index (κ1) is 33.0. The summed E-state index contributed by atoms with van der Waals surface area (Å²) in [5, 5.41) is 0. The van der Waals surface area contributed by atoms with Gasteiger partial charge in [0.15, 0.2) is 0 Å². The lowest BCUT2D eigenvalue weighted by molar-refractivity contribution is -0.285. The molecular formula is C36H50O10. The molecular weight excluding hydrogens is 592 g/mol. The SMILES string of the molecule is CC(=O)O[C@H]1CC(=O)OC(C)(C)[C@@H]2C[C@H](OC(=O)C(C)C)[C@@]3(C)[C@@H](C[C@@H](OC(=O)C(C)C)[C@@]4(C)[C@H](c5ccoc5)C[C@@H]5O[C@@]543)[C@]12C. The summed E-state index contributed by atoms with van der Waals surface area (Å²) >= 11 is 0. The van der Waals surface area contributed by atoms with Crippen molar-refractivity contribution in [1.82, 2.24) is 0 Å². The molecule has 0 bridgehead atoms. The standard InChI is InChI=1S/C36H50O10/c1-18(2)30(39)43-26-15-24-33(8)23(32(6,7)46-29(38)16-25(33)42-20(5)37)14-27(44-31(40)19(3)4)35(24,10)36-28(45-36)13-22(34(26,36)9)21-11-12-41-17-21/h11-12,17-19,22-28H,13-16H2,1-10H3/t22-,23-,24-,25-,26+,27-,28-,33+,34+,35+,36-/m0/s1. The summed E-state index contributed by atoms with van der Waals surface area (Å²) < 4.78 is 37.7. The highest BCUT2D eigenvalue weighted by Gasteiger charge is 2.90. The fourth-order valence-electron chi connectivity index (χ4n) is 10.9. The number of hydrogen-bond donors (Lipinski definition) is 0. The zero-order chi connectivity index (χ0) is 33.8. The van der Waals surface area contributed by atoms with E-state index < -0.39 is 57.7 Å². The average molecular weight is 643 g/mol. The summed E-state index contributed by atoms with van der Waals surface area (Å²) in [6.45, 7) is 18.8. The first-order chi connectivity index (χ1) is 21.3. The Morgan fingerprint density at radius 1 is 0.826 bits per heavy atom. The van der Waals surface area contributed by atoms with Crippen LogP contribution in [0.5, 0.6) is 0 Å². The van der Waals surface area contributed by atoms with Crippen molar-refractivity contribution in [3.63, 3.8) is 0 Å². The van der Waals surface area contributed by atoms with Crippen molar-refractivity contribution in [1.29, 1.82) is 0 Å². The molecule has 1 aromatic heterocycles. The topological polar surface area (TPSA) is 131 Å². The van der Waals surface area contributed by atoms with Gasteiger partial charge in [0, 0.05) is 35.0 Å². The molecule has 2 saturated heterocycles. The third kappa shape index (κ3) is 4.30. The normalized spacial score (nSPS) is 43.7. The fourth-order valence-corrected chi connectivity index (χ4v) is 10.9. The number of fused-ring (bicyclic) bond motifs is 3. The molecule has 5 fully saturated rings. The molecule has 2 aliphatic heterocycles. The van der Waals surface area contributed by atoms with Crippen LogP contribution in [-0.2, 0) is 42.9 Å². The lowest BCUT2D eigenvalue weighted by Gasteiger charge is -2.68. The number of hydrogen-bond acceptors (Lipinski definition) is 10. The van der Waals surface area contributed by atoms with Crippen LogP contribution in [0.15, 0.2) is 23.0 Å². The van der Waals surface area contributed by atoms with Gasteiger partial charge in [-0.3, -0.25) is 19.2 Å². The summed E-state index contributed by atoms with van der Waals surface area (Å²) in [5.41, 5.74) is -3.21. The molecule has 0 unspecified atom stereocenters. The predicted octanol–water partition coefficient (Wildman–Crippen LogP) is 5.76. The molecule has 3 heterocycles. The Labute approximate surface area is 271 Å². The van der Waals surface area contributed by atoms with Gasteiger partial charge in [0.25, 0.3) is 0 Å². The molecule has 6 rings (SSSR count). The van der Waals surface area contributed by atoms with Crippen molar-refractivity contribution >= 4 is 23.9 Å². The Kier molecular flexibility index (Phi) is 7.58. The zero-order valence-corrected chi connectivity index (χ0v) is 28.8. The minimum atomic E-state index is -0.980. The molecule has 46 heavy (non-hydrogen) atoms. The second kappa shape index (κ2) is 10.6. The van der Waals surface area contributed by atoms with Crippen LogP contribution in [0, 0.1) is 39.9 Å². The first-order valence-electron chi connectivity index (χ1n) is 16.9. The Hall–Kier alpha value is -2.88. The molecule has 1 aromatic rings. The number of furan rings is 1. The molecule has 3 saturated carbocycles. The second-order valence-electron chi connectivity index (χ2n) is 16.2. The van der Waals surface area contributed by atoms with Crippen LogP contribution in [0.4, 0.5) is 0 Å². The van der Waals surface area contributed by atoms with Gasteiger partial charge in [-0.05, 0) is 50.7 Å². The molecule has 0 aromatic carbocycles. The largest absolute Gasteiger partial charge is 0.472 e. The maximum absolute atomic E-state index is 13.5. The van der Waals surface area contributed by atoms with Gasteiger partial charge >= 0.3 is 23.9 Å². The molecule has 254 valence electrons. The van der Waals surface area contributed by atoms with Gasteiger partial charge in [-0.25, -0.2) is 0 Å². The lowest BCUT2D eigenvalue weighted by Crippen LogP contribution is -2.74. The quantitative estimate of drug-likeness (QED) is 0.215. The van der Waals surface area contributed by atoms with E-state index in [4.69, 9.17) is 28.1 Å². The number of esters is 4. The predicted molar refractivity (Wildman–Crippen MR) is 164 cm³/mol. The van der Waals surface area contributed by atoms with E-state index in [0.29, 0.717) is 19.3 Å². The van der Waals surface area contributed by atoms with Crippen LogP contribution in [0.2, 0.25) is 0 Å². The van der Waals surface area contributed by atoms with Crippen LogP contribution < -0.4 is 0 Å². The number of carbonyl (C=O) groups is 4. The number of carbonyl (C=O) groups excluding carboxylic acids is 4. The highest BCUT2D eigenvalue weighted by atomic mass is 16.6. The highest BCUT2D eigenvalue weighted by Crippen LogP contribution is 2.82. The van der Waals surface area contributed by atoms with Crippen molar-refractivity contribution in [2.24, 2.45) is 39.9 Å². The summed E-state index contributed by atoms with van der Waals surface area (Å²) in [6, 6.07) is 1.96. The summed E-state index contributed by atoms with van der Waals surface area (Å²) in [6.07, 6.45) is 2.53. The minimum absolute atomic E-state index is 0.0560. The molecule has 1 spiro atoms. The van der Waals surface area contributed by atoms with Crippen LogP contribution in [0.1, 0.15) is 106 Å². The third-order valence-corrected chi connectivity index (χ3v) is 12.9. The summed E-state index contributed by atoms with van der Waals surface area (Å²) in [4.78, 5) is 52.9. The van der Waals surface area contributed by atoms with Gasteiger partial charge in [-0.15, -0.1) is 0 Å². The van der Waals surface area contributed by atoms with Crippen LogP contribution in [0.25, 0.3) is 0 Å². The van der Waals surface area contributed by atoms with E-state index in [2.05, 4.69) is 20.8 Å². The number of epoxide rings is 1. The molecule has 3 aliphatic carbocycles. The maximum atomic E-state index is 13.5. The highest BCUT2D eigenvalue weighted by molar-refractivity contribution is 5.74. The van der Waals surface area contributed by atoms with Crippen LogP contribution >= 0.6 is 0 Å². The van der Waals surface area contributed by atoms with Crippen LogP contribution in [-0.4, -0.2) is 59.5 Å². The lowest BCUT2D eigenvalue weighted by atomic mass is 9.37. The fraction of sp³-hybridized carbons (Fsp3) is 0.778. The zero-order valence-electron chi connectivity index (χ0n) is 28.8. The van der Waals surface area contributed by atoms with Crippen molar-refractivity contribution in [3.8, 4) is 0 Å². The van der Waals surface area contributed by atoms with E-state index in [1.54, 1.807) is 12.5 Å². The molecule has 0 N–H and O–H groups in total. The monoisotopic (exact) mass is 642 g/mol. The van der Waals surface area contributed by atoms with Gasteiger partial charge in [0.1, 0.15) is 29.5 Å². The first-order valence-corrected chi connectivity index (χ1v) is 16.9. The number of rotatable bonds is 6. The van der Waals surface area contributed by atoms with E-state index in [1.807, 2.05) is 47.6 Å². The molecule has 5 aliphatic rings. The smallest absolute Gasteiger partial charge is 0.310 e. The average Bonchev–Trinajstić information content (AvgIpc) is 3.32. The van der Waals surface area contributed by atoms with Gasteiger partial charge in [0.2, 0.25) is 0 Å². The molecule has 10 heteroatoms. The van der Waals surface area contributed by atoms with E-state index >= 15 is 0 Å². The minimum Gasteiger partial charge on any atom is -0.472 e. The van der Waals surface area contributed by atoms with Gasteiger partial charge < -0.3 is 28.1 Å². The Morgan fingerprint density at radius 2 is 1.41 bits per heavy atom. The molecule has 0 amide bonds. The Bertz CT molecular complexity index is 1410. The number of ether oxygens (including phenoxy) is 5. The van der Waals surface area contributed by atoms with Gasteiger partial charge in [-0.2, -0.15) is 0 Å². The van der Waals surface area contributed by atoms with Gasteiger partial charge in [0.05, 0.1) is 36.9 Å². The van der Waals surface area contributed by atoms with Crippen molar-refractivity contribution in [3.05, 3.63) is 24.2 Å². The van der Waals surface area contributed by atoms with E-state index in [1.165, 1.54) is 6.92 Å². The van der Waals surface area contributed by atoms with E-state index in [9.17, 15) is 19.2 Å². The van der Waals surface area contributed by atoms with E-state index in [-0.39, 0.29) is 54.1 Å². The third-order valence-electron chi connectivity index (χ3n) is 12.9. The Morgan fingerprint density at radius 3 is 1.96 bits per heavy atom. The summed E-state index contributed by atoms with van der Waals surface area (Å²) in [7, 11) is 0. The van der Waals surface area contributed by atoms with Gasteiger partial charge in [-0.1, -0.05) is 48.5 Å². The summed E-state index contributed by atoms with van der Waals surface area (Å²) in [5.74, 6) is -3.09. The molecule has 0 radical (unpaired) electrons. The van der Waals surface area contributed by atoms with E-state index in [0.717, 1.165) is 5.56 Å². The van der Waals surface area contributed by atoms with Crippen molar-refractivity contribution < 1.29 is 47.3 Å². The Balaban J connectivity index is 1.60. The molecule has 11 atom stereocenters. The van der Waals surface area contributed by atoms with Crippen molar-refractivity contribution in [2.75, 3.05) is 0 Å². The number of cyclic esters (lactones) is 1. The van der Waals surface area contributed by atoms with Crippen molar-refractivity contribution in [2.45, 2.75) is 136 Å². The molecule has 10 nitrogen and oxygen atoms in total.